The number of ether oxygens (including phenoxy) is 1. The van der Waals surface area contributed by atoms with Gasteiger partial charge in [0.05, 0.1) is 20.1 Å². The van der Waals surface area contributed by atoms with Crippen LogP contribution in [-0.2, 0) is 23.9 Å². The van der Waals surface area contributed by atoms with Crippen molar-refractivity contribution in [2.75, 3.05) is 0 Å². The Morgan fingerprint density at radius 3 is 1.31 bits per heavy atom. The lowest BCUT2D eigenvalue weighted by Gasteiger charge is -2.20. The number of nitrogens with one attached hydrogen (secondary N) is 2. The Labute approximate surface area is 241 Å². The van der Waals surface area contributed by atoms with Crippen molar-refractivity contribution >= 4 is 82.1 Å². The highest BCUT2D eigenvalue weighted by molar-refractivity contribution is 6.42. The zero-order valence-electron chi connectivity index (χ0n) is 19.7. The van der Waals surface area contributed by atoms with Crippen LogP contribution in [0.5, 0.6) is 0 Å². The van der Waals surface area contributed by atoms with E-state index in [1.807, 2.05) is 0 Å². The number of aliphatic carboxylic acids is 2. The van der Waals surface area contributed by atoms with Gasteiger partial charge in [-0.2, -0.15) is 0 Å². The molecule has 2 aromatic rings. The van der Waals surface area contributed by atoms with Gasteiger partial charge in [-0.15, -0.1) is 0 Å². The van der Waals surface area contributed by atoms with E-state index in [4.69, 9.17) is 61.4 Å². The number of carboxylic acid groups (broad SMARTS) is 2. The molecule has 0 aromatic heterocycles. The summed E-state index contributed by atoms with van der Waals surface area (Å²) in [6.07, 6.45) is -2.06. The standard InChI is InChI=1S/C24H20Cl4N2O9/c25-13-3-1-11(9-15(13)27)21(35)29-17(5-7-19(31)32)23(37)39-24(38)18(6-8-20(33)34)30-22(36)12-2-4-14(26)16(28)10-12/h1-4,9-10,17-18H,5-8H2,(H,29,35)(H,30,36)(H,31,32)(H,33,34). The van der Waals surface area contributed by atoms with Crippen molar-refractivity contribution in [3.8, 4) is 0 Å². The smallest absolute Gasteiger partial charge is 0.336 e. The van der Waals surface area contributed by atoms with Gasteiger partial charge in [-0.25, -0.2) is 9.59 Å². The Morgan fingerprint density at radius 2 is 1.00 bits per heavy atom. The van der Waals surface area contributed by atoms with Crippen LogP contribution in [-0.4, -0.2) is 58.0 Å². The summed E-state index contributed by atoms with van der Waals surface area (Å²) in [7, 11) is 0. The van der Waals surface area contributed by atoms with Gasteiger partial charge >= 0.3 is 23.9 Å². The predicted molar refractivity (Wildman–Crippen MR) is 140 cm³/mol. The molecule has 2 atom stereocenters. The van der Waals surface area contributed by atoms with Crippen LogP contribution < -0.4 is 10.6 Å². The number of amides is 2. The molecule has 208 valence electrons. The van der Waals surface area contributed by atoms with Gasteiger partial charge in [0.15, 0.2) is 0 Å². The molecule has 2 rings (SSSR count). The molecule has 0 fully saturated rings. The Hall–Kier alpha value is -3.38. The number of carboxylic acids is 2. The third-order valence-corrected chi connectivity index (χ3v) is 6.52. The minimum absolute atomic E-state index is 0.0166. The largest absolute Gasteiger partial charge is 0.481 e. The number of halogens is 4. The van der Waals surface area contributed by atoms with E-state index >= 15 is 0 Å². The topological polar surface area (TPSA) is 176 Å². The second-order valence-corrected chi connectivity index (χ2v) is 9.54. The van der Waals surface area contributed by atoms with Gasteiger partial charge in [0.1, 0.15) is 12.1 Å². The molecule has 39 heavy (non-hydrogen) atoms. The number of carbonyl (C=O) groups is 6. The average molecular weight is 622 g/mol. The molecule has 0 aliphatic heterocycles. The summed E-state index contributed by atoms with van der Waals surface area (Å²) in [6.45, 7) is 0. The number of rotatable bonds is 12. The Kier molecular flexibility index (Phi) is 12.0. The van der Waals surface area contributed by atoms with Crippen LogP contribution in [0.1, 0.15) is 46.4 Å². The summed E-state index contributed by atoms with van der Waals surface area (Å²) in [5, 5.41) is 23.0. The van der Waals surface area contributed by atoms with Crippen LogP contribution in [0.15, 0.2) is 36.4 Å². The molecule has 2 amide bonds. The van der Waals surface area contributed by atoms with Crippen molar-refractivity contribution < 1.29 is 43.7 Å². The van der Waals surface area contributed by atoms with Gasteiger partial charge in [-0.1, -0.05) is 46.4 Å². The molecule has 0 heterocycles. The molecule has 0 spiro atoms. The summed E-state index contributed by atoms with van der Waals surface area (Å²) >= 11 is 23.5. The van der Waals surface area contributed by atoms with Crippen molar-refractivity contribution in [1.29, 1.82) is 0 Å². The zero-order valence-corrected chi connectivity index (χ0v) is 22.7. The average Bonchev–Trinajstić information content (AvgIpc) is 2.86. The molecular formula is C24H20Cl4N2O9. The predicted octanol–water partition coefficient (Wildman–Crippen LogP) is 4.00. The number of hydrogen-bond donors (Lipinski definition) is 4. The molecule has 15 heteroatoms. The third kappa shape index (κ3) is 10.0. The maximum atomic E-state index is 12.8. The minimum atomic E-state index is -1.60. The van der Waals surface area contributed by atoms with Crippen LogP contribution in [0.3, 0.4) is 0 Å². The molecule has 2 unspecified atom stereocenters. The third-order valence-electron chi connectivity index (χ3n) is 5.04. The number of carbonyl (C=O) groups excluding carboxylic acids is 4. The van der Waals surface area contributed by atoms with Gasteiger partial charge in [-0.3, -0.25) is 19.2 Å². The quantitative estimate of drug-likeness (QED) is 0.201. The summed E-state index contributed by atoms with van der Waals surface area (Å²) in [5.41, 5.74) is -0.0332. The highest BCUT2D eigenvalue weighted by atomic mass is 35.5. The van der Waals surface area contributed by atoms with Crippen LogP contribution in [0.2, 0.25) is 20.1 Å². The van der Waals surface area contributed by atoms with Crippen LogP contribution in [0.4, 0.5) is 0 Å². The van der Waals surface area contributed by atoms with Crippen LogP contribution in [0.25, 0.3) is 0 Å². The molecule has 0 bridgehead atoms. The Balaban J connectivity index is 2.20. The number of benzene rings is 2. The summed E-state index contributed by atoms with van der Waals surface area (Å²) in [5.74, 6) is -6.95. The highest BCUT2D eigenvalue weighted by Crippen LogP contribution is 2.23. The maximum absolute atomic E-state index is 12.8. The number of hydrogen-bond acceptors (Lipinski definition) is 7. The number of esters is 2. The lowest BCUT2D eigenvalue weighted by Crippen LogP contribution is -2.47. The van der Waals surface area contributed by atoms with E-state index in [0.717, 1.165) is 0 Å². The molecule has 4 N–H and O–H groups in total. The van der Waals surface area contributed by atoms with Crippen LogP contribution >= 0.6 is 46.4 Å². The molecule has 0 radical (unpaired) electrons. The van der Waals surface area contributed by atoms with Gasteiger partial charge in [-0.05, 0) is 49.2 Å². The van der Waals surface area contributed by atoms with Crippen molar-refractivity contribution in [2.24, 2.45) is 0 Å². The Bertz CT molecular complexity index is 1200. The first-order valence-corrected chi connectivity index (χ1v) is 12.5. The van der Waals surface area contributed by atoms with Crippen molar-refractivity contribution in [3.05, 3.63) is 67.6 Å². The van der Waals surface area contributed by atoms with Gasteiger partial charge < -0.3 is 25.6 Å². The Morgan fingerprint density at radius 1 is 0.641 bits per heavy atom. The van der Waals surface area contributed by atoms with Crippen molar-refractivity contribution in [3.63, 3.8) is 0 Å². The first kappa shape index (κ1) is 31.8. The zero-order chi connectivity index (χ0) is 29.3. The fourth-order valence-electron chi connectivity index (χ4n) is 3.03. The van der Waals surface area contributed by atoms with Gasteiger partial charge in [0.2, 0.25) is 0 Å². The van der Waals surface area contributed by atoms with E-state index in [1.54, 1.807) is 0 Å². The van der Waals surface area contributed by atoms with Gasteiger partial charge in [0, 0.05) is 24.0 Å². The van der Waals surface area contributed by atoms with Crippen molar-refractivity contribution in [1.82, 2.24) is 10.6 Å². The van der Waals surface area contributed by atoms with E-state index in [-0.39, 0.29) is 31.2 Å². The van der Waals surface area contributed by atoms with E-state index in [9.17, 15) is 28.8 Å². The van der Waals surface area contributed by atoms with E-state index in [1.165, 1.54) is 36.4 Å². The first-order valence-electron chi connectivity index (χ1n) is 11.0. The van der Waals surface area contributed by atoms with E-state index in [0.29, 0.717) is 0 Å². The van der Waals surface area contributed by atoms with Crippen molar-refractivity contribution in [2.45, 2.75) is 37.8 Å². The monoisotopic (exact) mass is 620 g/mol. The molecule has 0 saturated heterocycles. The molecule has 0 aliphatic carbocycles. The van der Waals surface area contributed by atoms with E-state index in [2.05, 4.69) is 10.6 Å². The molecule has 0 saturated carbocycles. The summed E-state index contributed by atoms with van der Waals surface area (Å²) < 4.78 is 4.81. The second kappa shape index (κ2) is 14.7. The molecule has 0 aliphatic rings. The summed E-state index contributed by atoms with van der Waals surface area (Å²) in [4.78, 5) is 72.9. The fourth-order valence-corrected chi connectivity index (χ4v) is 3.63. The molecule has 2 aromatic carbocycles. The normalized spacial score (nSPS) is 12.1. The minimum Gasteiger partial charge on any atom is -0.481 e. The molecule has 11 nitrogen and oxygen atoms in total. The maximum Gasteiger partial charge on any atom is 0.336 e. The fraction of sp³-hybridized carbons (Fsp3) is 0.250. The van der Waals surface area contributed by atoms with E-state index < -0.39 is 73.5 Å². The van der Waals surface area contributed by atoms with Crippen LogP contribution in [0, 0.1) is 0 Å². The second-order valence-electron chi connectivity index (χ2n) is 7.91. The first-order chi connectivity index (χ1) is 18.3. The van der Waals surface area contributed by atoms with Gasteiger partial charge in [0.25, 0.3) is 11.8 Å². The molecular weight excluding hydrogens is 602 g/mol. The lowest BCUT2D eigenvalue weighted by atomic mass is 10.1. The summed E-state index contributed by atoms with van der Waals surface area (Å²) in [6, 6.07) is 4.49. The lowest BCUT2D eigenvalue weighted by molar-refractivity contribution is -0.162. The SMILES string of the molecule is O=C(O)CCC(NC(=O)c1ccc(Cl)c(Cl)c1)C(=O)OC(=O)C(CCC(=O)O)NC(=O)c1ccc(Cl)c(Cl)c1. The highest BCUT2D eigenvalue weighted by Gasteiger charge is 2.31.